The Balaban J connectivity index is 1.53. The zero-order valence-corrected chi connectivity index (χ0v) is 13.6. The molecule has 0 spiro atoms. The van der Waals surface area contributed by atoms with E-state index in [1.54, 1.807) is 24.4 Å². The van der Waals surface area contributed by atoms with E-state index in [1.165, 1.54) is 17.7 Å². The van der Waals surface area contributed by atoms with Gasteiger partial charge in [-0.05, 0) is 36.2 Å². The number of carbonyl (C=O) groups excluding carboxylic acids is 1. The molecule has 5 heteroatoms. The predicted octanol–water partition coefficient (Wildman–Crippen LogP) is 4.13. The molecule has 2 N–H and O–H groups in total. The number of rotatable bonds is 6. The third kappa shape index (κ3) is 4.64. The molecule has 0 saturated heterocycles. The van der Waals surface area contributed by atoms with E-state index >= 15 is 0 Å². The molecule has 0 aliphatic carbocycles. The van der Waals surface area contributed by atoms with Crippen LogP contribution >= 0.6 is 0 Å². The number of carbonyl (C=O) groups is 1. The second-order valence-electron chi connectivity index (χ2n) is 5.53. The largest absolute Gasteiger partial charge is 0.383 e. The van der Waals surface area contributed by atoms with Crippen LogP contribution in [0.2, 0.25) is 0 Å². The van der Waals surface area contributed by atoms with Gasteiger partial charge in [0.25, 0.3) is 5.91 Å². The van der Waals surface area contributed by atoms with Gasteiger partial charge in [0.05, 0.1) is 17.4 Å². The van der Waals surface area contributed by atoms with E-state index < -0.39 is 11.7 Å². The van der Waals surface area contributed by atoms with E-state index in [1.807, 2.05) is 24.3 Å². The summed E-state index contributed by atoms with van der Waals surface area (Å²) in [5, 5.41) is 5.87. The number of nitrogens with one attached hydrogen (secondary N) is 2. The van der Waals surface area contributed by atoms with Gasteiger partial charge in [-0.3, -0.25) is 4.79 Å². The first kappa shape index (κ1) is 16.6. The molecule has 0 fully saturated rings. The molecule has 0 saturated carbocycles. The lowest BCUT2D eigenvalue weighted by atomic mass is 10.1. The Morgan fingerprint density at radius 3 is 2.44 bits per heavy atom. The van der Waals surface area contributed by atoms with Crippen LogP contribution in [0.4, 0.5) is 15.9 Å². The van der Waals surface area contributed by atoms with Gasteiger partial charge < -0.3 is 10.6 Å². The van der Waals surface area contributed by atoms with Gasteiger partial charge in [0, 0.05) is 6.54 Å². The topological polar surface area (TPSA) is 54.0 Å². The highest BCUT2D eigenvalue weighted by molar-refractivity contribution is 6.03. The van der Waals surface area contributed by atoms with Crippen molar-refractivity contribution in [1.29, 1.82) is 0 Å². The molecule has 126 valence electrons. The lowest BCUT2D eigenvalue weighted by Crippen LogP contribution is -2.14. The molecule has 1 heterocycles. The third-order valence-corrected chi connectivity index (χ3v) is 3.71. The number of pyridine rings is 1. The summed E-state index contributed by atoms with van der Waals surface area (Å²) >= 11 is 0. The fraction of sp³-hybridized carbons (Fsp3) is 0.100. The van der Waals surface area contributed by atoms with Crippen molar-refractivity contribution in [2.45, 2.75) is 6.42 Å². The zero-order chi connectivity index (χ0) is 17.5. The first-order valence-corrected chi connectivity index (χ1v) is 8.02. The second kappa shape index (κ2) is 8.06. The van der Waals surface area contributed by atoms with Gasteiger partial charge in [-0.1, -0.05) is 42.5 Å². The number of nitrogens with zero attached hydrogens (tertiary/aromatic N) is 1. The first-order valence-electron chi connectivity index (χ1n) is 8.02. The summed E-state index contributed by atoms with van der Waals surface area (Å²) in [4.78, 5) is 16.2. The third-order valence-electron chi connectivity index (χ3n) is 3.71. The van der Waals surface area contributed by atoms with E-state index in [0.29, 0.717) is 5.82 Å². The highest BCUT2D eigenvalue weighted by Crippen LogP contribution is 2.13. The van der Waals surface area contributed by atoms with Crippen LogP contribution < -0.4 is 10.6 Å². The molecule has 0 aliphatic heterocycles. The Kier molecular flexibility index (Phi) is 5.36. The molecule has 0 atom stereocenters. The van der Waals surface area contributed by atoms with Crippen molar-refractivity contribution in [2.75, 3.05) is 17.2 Å². The van der Waals surface area contributed by atoms with Gasteiger partial charge in [0.15, 0.2) is 0 Å². The molecule has 1 aromatic heterocycles. The van der Waals surface area contributed by atoms with Crippen molar-refractivity contribution in [2.24, 2.45) is 0 Å². The van der Waals surface area contributed by atoms with Crippen molar-refractivity contribution in [1.82, 2.24) is 4.98 Å². The normalized spacial score (nSPS) is 10.3. The van der Waals surface area contributed by atoms with Crippen molar-refractivity contribution in [3.63, 3.8) is 0 Å². The molecule has 0 bridgehead atoms. The lowest BCUT2D eigenvalue weighted by Gasteiger charge is -2.08. The van der Waals surface area contributed by atoms with Crippen LogP contribution in [0.25, 0.3) is 0 Å². The van der Waals surface area contributed by atoms with Gasteiger partial charge in [-0.15, -0.1) is 0 Å². The van der Waals surface area contributed by atoms with Gasteiger partial charge >= 0.3 is 0 Å². The van der Waals surface area contributed by atoms with Crippen molar-refractivity contribution < 1.29 is 9.18 Å². The fourth-order valence-electron chi connectivity index (χ4n) is 2.40. The van der Waals surface area contributed by atoms with Crippen LogP contribution in [0.15, 0.2) is 72.9 Å². The molecule has 0 radical (unpaired) electrons. The minimum Gasteiger partial charge on any atom is -0.383 e. The highest BCUT2D eigenvalue weighted by atomic mass is 19.1. The van der Waals surface area contributed by atoms with Crippen LogP contribution in [0.5, 0.6) is 0 Å². The molecule has 1 amide bonds. The van der Waals surface area contributed by atoms with E-state index in [-0.39, 0.29) is 5.56 Å². The molecule has 25 heavy (non-hydrogen) atoms. The van der Waals surface area contributed by atoms with E-state index in [4.69, 9.17) is 0 Å². The average Bonchev–Trinajstić information content (AvgIpc) is 2.64. The minimum atomic E-state index is -0.556. The first-order chi connectivity index (χ1) is 12.2. The van der Waals surface area contributed by atoms with E-state index in [9.17, 15) is 9.18 Å². The van der Waals surface area contributed by atoms with Crippen molar-refractivity contribution in [3.05, 3.63) is 89.9 Å². The number of anilines is 2. The number of benzene rings is 2. The lowest BCUT2D eigenvalue weighted by molar-refractivity contribution is 0.102. The quantitative estimate of drug-likeness (QED) is 0.712. The Labute approximate surface area is 145 Å². The Morgan fingerprint density at radius 2 is 1.72 bits per heavy atom. The maximum atomic E-state index is 13.6. The summed E-state index contributed by atoms with van der Waals surface area (Å²) in [6.45, 7) is 0.784. The summed E-state index contributed by atoms with van der Waals surface area (Å²) in [7, 11) is 0. The van der Waals surface area contributed by atoms with Crippen LogP contribution in [0.3, 0.4) is 0 Å². The Hall–Kier alpha value is -3.21. The molecule has 0 unspecified atom stereocenters. The predicted molar refractivity (Wildman–Crippen MR) is 97.2 cm³/mol. The Morgan fingerprint density at radius 1 is 0.960 bits per heavy atom. The van der Waals surface area contributed by atoms with Crippen LogP contribution in [-0.2, 0) is 6.42 Å². The van der Waals surface area contributed by atoms with Gasteiger partial charge in [-0.25, -0.2) is 9.37 Å². The van der Waals surface area contributed by atoms with E-state index in [0.717, 1.165) is 18.7 Å². The summed E-state index contributed by atoms with van der Waals surface area (Å²) in [6.07, 6.45) is 2.55. The second-order valence-corrected chi connectivity index (χ2v) is 5.53. The molecular formula is C20H18FN3O. The summed E-state index contributed by atoms with van der Waals surface area (Å²) < 4.78 is 13.6. The van der Waals surface area contributed by atoms with Crippen LogP contribution in [0.1, 0.15) is 15.9 Å². The monoisotopic (exact) mass is 335 g/mol. The van der Waals surface area contributed by atoms with Gasteiger partial charge in [0.1, 0.15) is 11.6 Å². The fourth-order valence-corrected chi connectivity index (χ4v) is 2.40. The summed E-state index contributed by atoms with van der Waals surface area (Å²) in [5.41, 5.74) is 2.12. The molecule has 3 aromatic rings. The van der Waals surface area contributed by atoms with Gasteiger partial charge in [0.2, 0.25) is 0 Å². The highest BCUT2D eigenvalue weighted by Gasteiger charge is 2.11. The maximum absolute atomic E-state index is 13.6. The molecular weight excluding hydrogens is 317 g/mol. The zero-order valence-electron chi connectivity index (χ0n) is 13.6. The SMILES string of the molecule is O=C(Nc1ccc(NCCc2ccccc2)cn1)c1ccccc1F. The smallest absolute Gasteiger partial charge is 0.259 e. The van der Waals surface area contributed by atoms with Crippen molar-refractivity contribution >= 4 is 17.4 Å². The average molecular weight is 335 g/mol. The van der Waals surface area contributed by atoms with Crippen LogP contribution in [-0.4, -0.2) is 17.4 Å². The summed E-state index contributed by atoms with van der Waals surface area (Å²) in [5.74, 6) is -0.698. The standard InChI is InChI=1S/C20H18FN3O/c21-18-9-5-4-8-17(18)20(25)24-19-11-10-16(14-23-19)22-13-12-15-6-2-1-3-7-15/h1-11,14,22H,12-13H2,(H,23,24,25). The molecule has 3 rings (SSSR count). The number of halogens is 1. The molecule has 0 aliphatic rings. The number of hydrogen-bond acceptors (Lipinski definition) is 3. The van der Waals surface area contributed by atoms with Gasteiger partial charge in [-0.2, -0.15) is 0 Å². The Bertz CT molecular complexity index is 835. The van der Waals surface area contributed by atoms with E-state index in [2.05, 4.69) is 27.8 Å². The number of aromatic nitrogens is 1. The van der Waals surface area contributed by atoms with Crippen LogP contribution in [0, 0.1) is 5.82 Å². The molecule has 2 aromatic carbocycles. The summed E-state index contributed by atoms with van der Waals surface area (Å²) in [6, 6.07) is 19.6. The minimum absolute atomic E-state index is 0.00522. The number of amides is 1. The van der Waals surface area contributed by atoms with Crippen molar-refractivity contribution in [3.8, 4) is 0 Å². The molecule has 4 nitrogen and oxygen atoms in total. The maximum Gasteiger partial charge on any atom is 0.259 e. The number of hydrogen-bond donors (Lipinski definition) is 2.